The average molecular weight is 390 g/mol. The molecule has 0 aliphatic carbocycles. The number of aromatic nitrogens is 3. The Morgan fingerprint density at radius 2 is 2.04 bits per heavy atom. The first-order valence-corrected chi connectivity index (χ1v) is 9.71. The molecule has 0 saturated heterocycles. The van der Waals surface area contributed by atoms with Crippen LogP contribution in [0.3, 0.4) is 0 Å². The number of nitrogens with one attached hydrogen (secondary N) is 1. The third-order valence-corrected chi connectivity index (χ3v) is 4.88. The van der Waals surface area contributed by atoms with Gasteiger partial charge in [0.05, 0.1) is 18.5 Å². The molecule has 6 nitrogen and oxygen atoms in total. The van der Waals surface area contributed by atoms with Crippen molar-refractivity contribution in [2.45, 2.75) is 6.92 Å². The molecule has 2 aromatic carbocycles. The molecular weight excluding hydrogens is 372 g/mol. The van der Waals surface area contributed by atoms with Crippen molar-refractivity contribution in [3.8, 4) is 22.0 Å². The maximum absolute atomic E-state index is 12.5. The van der Waals surface area contributed by atoms with Gasteiger partial charge in [-0.3, -0.25) is 4.79 Å². The van der Waals surface area contributed by atoms with Crippen LogP contribution in [0.1, 0.15) is 17.4 Å². The lowest BCUT2D eigenvalue weighted by Crippen LogP contribution is -2.12. The van der Waals surface area contributed by atoms with Crippen LogP contribution in [-0.4, -0.2) is 27.3 Å². The Bertz CT molecular complexity index is 1090. The number of ether oxygens (including phenoxy) is 1. The third-order valence-electron chi connectivity index (χ3n) is 3.99. The molecule has 4 rings (SSSR count). The molecule has 0 unspecified atom stereocenters. The van der Waals surface area contributed by atoms with Crippen molar-refractivity contribution in [2.24, 2.45) is 0 Å². The van der Waals surface area contributed by atoms with Crippen molar-refractivity contribution < 1.29 is 9.53 Å². The van der Waals surface area contributed by atoms with Crippen LogP contribution in [0.4, 0.5) is 5.69 Å². The number of amides is 1. The zero-order valence-electron chi connectivity index (χ0n) is 15.2. The summed E-state index contributed by atoms with van der Waals surface area (Å²) >= 11 is 1.41. The van der Waals surface area contributed by atoms with Gasteiger partial charge in [-0.05, 0) is 31.2 Å². The molecule has 0 bridgehead atoms. The van der Waals surface area contributed by atoms with Crippen LogP contribution in [-0.2, 0) is 0 Å². The molecule has 28 heavy (non-hydrogen) atoms. The van der Waals surface area contributed by atoms with Crippen LogP contribution < -0.4 is 10.1 Å². The fraction of sp³-hybridized carbons (Fsp3) is 0.0952. The van der Waals surface area contributed by atoms with Gasteiger partial charge in [-0.15, -0.1) is 11.3 Å². The van der Waals surface area contributed by atoms with E-state index in [1.165, 1.54) is 11.3 Å². The fourth-order valence-electron chi connectivity index (χ4n) is 2.69. The van der Waals surface area contributed by atoms with E-state index in [2.05, 4.69) is 15.4 Å². The lowest BCUT2D eigenvalue weighted by molar-refractivity contribution is 0.102. The van der Waals surface area contributed by atoms with E-state index < -0.39 is 0 Å². The molecule has 0 aliphatic heterocycles. The van der Waals surface area contributed by atoms with Gasteiger partial charge >= 0.3 is 0 Å². The first-order valence-electron chi connectivity index (χ1n) is 8.83. The highest BCUT2D eigenvalue weighted by Crippen LogP contribution is 2.25. The van der Waals surface area contributed by atoms with Crippen LogP contribution in [0.2, 0.25) is 0 Å². The molecule has 4 aromatic rings. The minimum atomic E-state index is -0.258. The van der Waals surface area contributed by atoms with Gasteiger partial charge in [0.2, 0.25) is 0 Å². The molecule has 0 atom stereocenters. The molecule has 7 heteroatoms. The lowest BCUT2D eigenvalue weighted by atomic mass is 10.3. The molecule has 1 N–H and O–H groups in total. The molecule has 0 aliphatic rings. The van der Waals surface area contributed by atoms with E-state index in [9.17, 15) is 4.79 Å². The standard InChI is InChI=1S/C21H18N4O2S/c1-2-27-18-10-6-7-16(11-18)23-20(26)19-14-28-21(24-19)15-12-22-25(13-15)17-8-4-3-5-9-17/h3-14H,2H2,1H3,(H,23,26). The molecule has 2 aromatic heterocycles. The normalized spacial score (nSPS) is 10.6. The minimum Gasteiger partial charge on any atom is -0.494 e. The van der Waals surface area contributed by atoms with E-state index in [1.807, 2.05) is 61.7 Å². The smallest absolute Gasteiger partial charge is 0.275 e. The molecule has 140 valence electrons. The van der Waals surface area contributed by atoms with E-state index in [0.717, 1.165) is 16.3 Å². The summed E-state index contributed by atoms with van der Waals surface area (Å²) in [6.07, 6.45) is 3.65. The van der Waals surface area contributed by atoms with Gasteiger partial charge in [-0.25, -0.2) is 9.67 Å². The van der Waals surface area contributed by atoms with Crippen LogP contribution in [0.25, 0.3) is 16.3 Å². The summed E-state index contributed by atoms with van der Waals surface area (Å²) in [5, 5.41) is 9.73. The number of hydrogen-bond donors (Lipinski definition) is 1. The summed E-state index contributed by atoms with van der Waals surface area (Å²) in [6.45, 7) is 2.49. The summed E-state index contributed by atoms with van der Waals surface area (Å²) < 4.78 is 7.25. The summed E-state index contributed by atoms with van der Waals surface area (Å²) in [6, 6.07) is 17.1. The van der Waals surface area contributed by atoms with E-state index in [0.29, 0.717) is 23.7 Å². The maximum Gasteiger partial charge on any atom is 0.275 e. The maximum atomic E-state index is 12.5. The van der Waals surface area contributed by atoms with Gasteiger partial charge in [0.1, 0.15) is 16.5 Å². The number of carbonyl (C=O) groups is 1. The van der Waals surface area contributed by atoms with E-state index in [-0.39, 0.29) is 5.91 Å². The van der Waals surface area contributed by atoms with Gasteiger partial charge in [0.25, 0.3) is 5.91 Å². The molecule has 1 amide bonds. The van der Waals surface area contributed by atoms with Gasteiger partial charge in [-0.1, -0.05) is 24.3 Å². The average Bonchev–Trinajstić information content (AvgIpc) is 3.39. The summed E-state index contributed by atoms with van der Waals surface area (Å²) in [4.78, 5) is 17.0. The largest absolute Gasteiger partial charge is 0.494 e. The highest BCUT2D eigenvalue weighted by atomic mass is 32.1. The topological polar surface area (TPSA) is 69.0 Å². The quantitative estimate of drug-likeness (QED) is 0.520. The Labute approximate surface area is 166 Å². The Hall–Kier alpha value is -3.45. The lowest BCUT2D eigenvalue weighted by Gasteiger charge is -2.06. The van der Waals surface area contributed by atoms with Crippen molar-refractivity contribution in [3.05, 3.63) is 78.1 Å². The fourth-order valence-corrected chi connectivity index (χ4v) is 3.47. The van der Waals surface area contributed by atoms with Crippen molar-refractivity contribution in [1.82, 2.24) is 14.8 Å². The number of anilines is 1. The number of rotatable bonds is 6. The van der Waals surface area contributed by atoms with E-state index >= 15 is 0 Å². The Balaban J connectivity index is 1.49. The zero-order chi connectivity index (χ0) is 19.3. The predicted molar refractivity (Wildman–Crippen MR) is 110 cm³/mol. The molecule has 2 heterocycles. The van der Waals surface area contributed by atoms with Crippen molar-refractivity contribution in [3.63, 3.8) is 0 Å². The van der Waals surface area contributed by atoms with Crippen molar-refractivity contribution in [1.29, 1.82) is 0 Å². The Morgan fingerprint density at radius 1 is 1.18 bits per heavy atom. The predicted octanol–water partition coefficient (Wildman–Crippen LogP) is 4.65. The SMILES string of the molecule is CCOc1cccc(NC(=O)c2csc(-c3cnn(-c4ccccc4)c3)n2)c1. The van der Waals surface area contributed by atoms with Crippen molar-refractivity contribution >= 4 is 22.9 Å². The molecule has 0 spiro atoms. The summed E-state index contributed by atoms with van der Waals surface area (Å²) in [5.41, 5.74) is 2.88. The van der Waals surface area contributed by atoms with Gasteiger partial charge in [0, 0.05) is 28.9 Å². The second-order valence-electron chi connectivity index (χ2n) is 5.96. The molecule has 0 radical (unpaired) electrons. The van der Waals surface area contributed by atoms with Gasteiger partial charge < -0.3 is 10.1 Å². The number of carbonyl (C=O) groups excluding carboxylic acids is 1. The summed E-state index contributed by atoms with van der Waals surface area (Å²) in [5.74, 6) is 0.458. The number of nitrogens with zero attached hydrogens (tertiary/aromatic N) is 3. The van der Waals surface area contributed by atoms with Crippen LogP contribution in [0.5, 0.6) is 5.75 Å². The van der Waals surface area contributed by atoms with Crippen LogP contribution in [0, 0.1) is 0 Å². The van der Waals surface area contributed by atoms with Crippen LogP contribution in [0.15, 0.2) is 72.4 Å². The van der Waals surface area contributed by atoms with E-state index in [1.54, 1.807) is 22.3 Å². The first-order chi connectivity index (χ1) is 13.7. The third kappa shape index (κ3) is 3.94. The zero-order valence-corrected chi connectivity index (χ0v) is 16.0. The van der Waals surface area contributed by atoms with Gasteiger partial charge in [-0.2, -0.15) is 5.10 Å². The van der Waals surface area contributed by atoms with Crippen LogP contribution >= 0.6 is 11.3 Å². The molecule has 0 fully saturated rings. The van der Waals surface area contributed by atoms with Gasteiger partial charge in [0.15, 0.2) is 0 Å². The molecular formula is C21H18N4O2S. The second-order valence-corrected chi connectivity index (χ2v) is 6.82. The van der Waals surface area contributed by atoms with Crippen molar-refractivity contribution in [2.75, 3.05) is 11.9 Å². The van der Waals surface area contributed by atoms with E-state index in [4.69, 9.17) is 4.74 Å². The first kappa shape index (κ1) is 17.9. The second kappa shape index (κ2) is 8.06. The number of thiazole rings is 1. The number of benzene rings is 2. The number of para-hydroxylation sites is 1. The number of hydrogen-bond acceptors (Lipinski definition) is 5. The monoisotopic (exact) mass is 390 g/mol. The summed E-state index contributed by atoms with van der Waals surface area (Å²) in [7, 11) is 0. The Kier molecular flexibility index (Phi) is 5.16. The highest BCUT2D eigenvalue weighted by molar-refractivity contribution is 7.13. The molecule has 0 saturated carbocycles. The minimum absolute atomic E-state index is 0.258. The highest BCUT2D eigenvalue weighted by Gasteiger charge is 2.14. The Morgan fingerprint density at radius 3 is 2.86 bits per heavy atom.